The molecule has 10 heavy (non-hydrogen) atoms. The van der Waals surface area contributed by atoms with E-state index in [0.717, 1.165) is 0 Å². The van der Waals surface area contributed by atoms with Crippen molar-refractivity contribution >= 4 is 10.1 Å². The number of hydrogen-bond acceptors (Lipinski definition) is 3. The van der Waals surface area contributed by atoms with Crippen LogP contribution in [0.3, 0.4) is 0 Å². The number of hydrogen-bond donors (Lipinski definition) is 1. The summed E-state index contributed by atoms with van der Waals surface area (Å²) in [6.45, 7) is 3.86. The van der Waals surface area contributed by atoms with Crippen LogP contribution < -0.4 is 0 Å². The van der Waals surface area contributed by atoms with Gasteiger partial charge >= 0.3 is 0 Å². The van der Waals surface area contributed by atoms with Crippen molar-refractivity contribution in [2.75, 3.05) is 13.6 Å². The largest absolute Gasteiger partial charge is 0.289 e. The lowest BCUT2D eigenvalue weighted by molar-refractivity contribution is 0.312. The minimum atomic E-state index is -3.89. The molecule has 0 spiro atoms. The van der Waals surface area contributed by atoms with Crippen molar-refractivity contribution in [2.45, 2.75) is 19.2 Å². The topological polar surface area (TPSA) is 57.6 Å². The van der Waals surface area contributed by atoms with E-state index in [1.54, 1.807) is 7.05 Å². The first-order valence-electron chi connectivity index (χ1n) is 3.06. The molecule has 0 rings (SSSR count). The quantitative estimate of drug-likeness (QED) is 0.609. The predicted octanol–water partition coefficient (Wildman–Crippen LogP) is 0.172. The van der Waals surface area contributed by atoms with Gasteiger partial charge in [0.25, 0.3) is 10.1 Å². The van der Waals surface area contributed by atoms with Crippen LogP contribution in [0, 0.1) is 0 Å². The third-order valence-corrected chi connectivity index (χ3v) is 2.77. The molecule has 0 aromatic rings. The van der Waals surface area contributed by atoms with Gasteiger partial charge in [-0.3, -0.25) is 9.45 Å². The molecule has 0 saturated heterocycles. The van der Waals surface area contributed by atoms with Crippen molar-refractivity contribution in [2.24, 2.45) is 0 Å². The molecule has 0 aliphatic carbocycles. The zero-order valence-corrected chi connectivity index (χ0v) is 7.22. The summed E-state index contributed by atoms with van der Waals surface area (Å²) in [6, 6.07) is 0. The summed E-state index contributed by atoms with van der Waals surface area (Å²) in [4.78, 5) is 1.54. The fourth-order valence-corrected chi connectivity index (χ4v) is 1.09. The van der Waals surface area contributed by atoms with Crippen molar-refractivity contribution in [3.05, 3.63) is 0 Å². The van der Waals surface area contributed by atoms with E-state index in [9.17, 15) is 8.42 Å². The van der Waals surface area contributed by atoms with Crippen LogP contribution in [0.15, 0.2) is 0 Å². The Balaban J connectivity index is 4.23. The zero-order chi connectivity index (χ0) is 8.36. The van der Waals surface area contributed by atoms with Crippen LogP contribution in [-0.4, -0.2) is 36.8 Å². The molecule has 5 heteroatoms. The molecule has 1 N–H and O–H groups in total. The van der Waals surface area contributed by atoms with Crippen LogP contribution in [-0.2, 0) is 10.1 Å². The Morgan fingerprint density at radius 3 is 2.10 bits per heavy atom. The van der Waals surface area contributed by atoms with Crippen molar-refractivity contribution in [3.63, 3.8) is 0 Å². The predicted molar refractivity (Wildman–Crippen MR) is 39.3 cm³/mol. The normalized spacial score (nSPS) is 15.7. The molecule has 0 radical (unpaired) electrons. The molecule has 0 aromatic heterocycles. The van der Waals surface area contributed by atoms with Crippen molar-refractivity contribution in [1.29, 1.82) is 0 Å². The smallest absolute Gasteiger partial charge is 0.280 e. The Hall–Kier alpha value is -0.130. The van der Waals surface area contributed by atoms with E-state index in [2.05, 4.69) is 0 Å². The SMILES string of the molecule is CCN(C)C(C)S(=O)(=O)O. The summed E-state index contributed by atoms with van der Waals surface area (Å²) in [5, 5.41) is -0.808. The summed E-state index contributed by atoms with van der Waals surface area (Å²) >= 11 is 0. The molecule has 0 aliphatic heterocycles. The Kier molecular flexibility index (Phi) is 3.27. The van der Waals surface area contributed by atoms with E-state index >= 15 is 0 Å². The average Bonchev–Trinajstić information content (AvgIpc) is 1.83. The highest BCUT2D eigenvalue weighted by Gasteiger charge is 2.20. The molecule has 1 atom stereocenters. The highest BCUT2D eigenvalue weighted by Crippen LogP contribution is 2.01. The summed E-state index contributed by atoms with van der Waals surface area (Å²) in [6.07, 6.45) is 0. The Morgan fingerprint density at radius 2 is 2.00 bits per heavy atom. The van der Waals surface area contributed by atoms with Crippen LogP contribution in [0.2, 0.25) is 0 Å². The summed E-state index contributed by atoms with van der Waals surface area (Å²) in [7, 11) is -2.25. The van der Waals surface area contributed by atoms with Gasteiger partial charge in [-0.15, -0.1) is 0 Å². The van der Waals surface area contributed by atoms with Crippen LogP contribution in [0.4, 0.5) is 0 Å². The molecule has 0 bridgehead atoms. The molecular weight excluding hydrogens is 154 g/mol. The zero-order valence-electron chi connectivity index (χ0n) is 6.40. The van der Waals surface area contributed by atoms with E-state index in [4.69, 9.17) is 4.55 Å². The maximum absolute atomic E-state index is 10.4. The van der Waals surface area contributed by atoms with Crippen LogP contribution in [0.1, 0.15) is 13.8 Å². The molecule has 0 heterocycles. The molecule has 0 aliphatic rings. The Morgan fingerprint density at radius 1 is 1.60 bits per heavy atom. The molecule has 0 amide bonds. The van der Waals surface area contributed by atoms with Gasteiger partial charge in [0, 0.05) is 0 Å². The Bertz CT molecular complexity index is 187. The Labute approximate surface area is 61.6 Å². The van der Waals surface area contributed by atoms with Gasteiger partial charge in [0.05, 0.1) is 0 Å². The summed E-state index contributed by atoms with van der Waals surface area (Å²) in [5.41, 5.74) is 0. The molecule has 1 unspecified atom stereocenters. The van der Waals surface area contributed by atoms with Crippen LogP contribution in [0.25, 0.3) is 0 Å². The molecule has 62 valence electrons. The van der Waals surface area contributed by atoms with Crippen LogP contribution in [0.5, 0.6) is 0 Å². The fourth-order valence-electron chi connectivity index (χ4n) is 0.485. The third kappa shape index (κ3) is 2.64. The van der Waals surface area contributed by atoms with Gasteiger partial charge in [0.2, 0.25) is 0 Å². The second-order valence-corrected chi connectivity index (χ2v) is 3.90. The van der Waals surface area contributed by atoms with Gasteiger partial charge in [0.15, 0.2) is 0 Å². The van der Waals surface area contributed by atoms with Crippen molar-refractivity contribution < 1.29 is 13.0 Å². The van der Waals surface area contributed by atoms with Gasteiger partial charge in [-0.25, -0.2) is 0 Å². The monoisotopic (exact) mass is 167 g/mol. The second-order valence-electron chi connectivity index (χ2n) is 2.19. The first-order chi connectivity index (χ1) is 4.39. The fraction of sp³-hybridized carbons (Fsp3) is 1.00. The molecule has 0 saturated carbocycles. The van der Waals surface area contributed by atoms with E-state index in [-0.39, 0.29) is 0 Å². The van der Waals surface area contributed by atoms with Gasteiger partial charge in [-0.1, -0.05) is 6.92 Å². The maximum Gasteiger partial charge on any atom is 0.280 e. The summed E-state index contributed by atoms with van der Waals surface area (Å²) < 4.78 is 29.4. The van der Waals surface area contributed by atoms with E-state index in [1.165, 1.54) is 11.8 Å². The van der Waals surface area contributed by atoms with E-state index in [1.807, 2.05) is 6.92 Å². The van der Waals surface area contributed by atoms with Crippen molar-refractivity contribution in [1.82, 2.24) is 4.90 Å². The third-order valence-electron chi connectivity index (χ3n) is 1.55. The molecule has 0 aromatic carbocycles. The van der Waals surface area contributed by atoms with E-state index in [0.29, 0.717) is 6.54 Å². The lowest BCUT2D eigenvalue weighted by atomic mass is 10.6. The highest BCUT2D eigenvalue weighted by molar-refractivity contribution is 7.86. The van der Waals surface area contributed by atoms with Crippen molar-refractivity contribution in [3.8, 4) is 0 Å². The number of rotatable bonds is 3. The standard InChI is InChI=1S/C5H13NO3S/c1-4-6(3)5(2)10(7,8)9/h5H,4H2,1-3H3,(H,7,8,9). The van der Waals surface area contributed by atoms with Gasteiger partial charge in [-0.2, -0.15) is 8.42 Å². The van der Waals surface area contributed by atoms with Crippen LogP contribution >= 0.6 is 0 Å². The van der Waals surface area contributed by atoms with E-state index < -0.39 is 15.5 Å². The lowest BCUT2D eigenvalue weighted by Crippen LogP contribution is -2.35. The van der Waals surface area contributed by atoms with Gasteiger partial charge < -0.3 is 0 Å². The molecule has 4 nitrogen and oxygen atoms in total. The average molecular weight is 167 g/mol. The molecule has 0 fully saturated rings. The number of nitrogens with zero attached hydrogens (tertiary/aromatic N) is 1. The minimum Gasteiger partial charge on any atom is -0.289 e. The van der Waals surface area contributed by atoms with Gasteiger partial charge in [-0.05, 0) is 20.5 Å². The highest BCUT2D eigenvalue weighted by atomic mass is 32.2. The maximum atomic E-state index is 10.4. The first kappa shape index (κ1) is 9.87. The second kappa shape index (κ2) is 3.32. The summed E-state index contributed by atoms with van der Waals surface area (Å²) in [5.74, 6) is 0. The minimum absolute atomic E-state index is 0.598. The first-order valence-corrected chi connectivity index (χ1v) is 4.56. The molecular formula is C5H13NO3S. The lowest BCUT2D eigenvalue weighted by Gasteiger charge is -2.19. The van der Waals surface area contributed by atoms with Gasteiger partial charge in [0.1, 0.15) is 5.37 Å².